The van der Waals surface area contributed by atoms with Crippen LogP contribution < -0.4 is 5.32 Å². The lowest BCUT2D eigenvalue weighted by atomic mass is 9.89. The van der Waals surface area contributed by atoms with E-state index in [0.717, 1.165) is 5.56 Å². The van der Waals surface area contributed by atoms with Crippen LogP contribution in [-0.2, 0) is 24.2 Å². The minimum Gasteiger partial charge on any atom is -0.352 e. The second-order valence-electron chi connectivity index (χ2n) is 6.02. The maximum Gasteiger partial charge on any atom is 0.219 e. The van der Waals surface area contributed by atoms with Gasteiger partial charge in [0.25, 0.3) is 0 Å². The molecule has 3 rings (SSSR count). The van der Waals surface area contributed by atoms with Crippen LogP contribution in [0.4, 0.5) is 0 Å². The zero-order chi connectivity index (χ0) is 15.4. The minimum atomic E-state index is 0.0961. The van der Waals surface area contributed by atoms with E-state index in [9.17, 15) is 4.79 Å². The summed E-state index contributed by atoms with van der Waals surface area (Å²) in [6, 6.07) is 15.4. The number of rotatable bonds is 4. The van der Waals surface area contributed by atoms with Crippen molar-refractivity contribution in [3.8, 4) is 11.1 Å². The predicted octanol–water partition coefficient (Wildman–Crippen LogP) is 4.26. The monoisotopic (exact) mass is 293 g/mol. The Morgan fingerprint density at radius 1 is 0.955 bits per heavy atom. The average molecular weight is 293 g/mol. The van der Waals surface area contributed by atoms with Gasteiger partial charge in [0.2, 0.25) is 5.91 Å². The number of nitrogens with one attached hydrogen (secondary N) is 1. The number of aryl methyl sites for hydroxylation is 2. The van der Waals surface area contributed by atoms with E-state index in [2.05, 4.69) is 47.8 Å². The summed E-state index contributed by atoms with van der Waals surface area (Å²) >= 11 is 0. The molecule has 0 saturated carbocycles. The molecule has 0 saturated heterocycles. The van der Waals surface area contributed by atoms with Crippen LogP contribution in [0.2, 0.25) is 0 Å². The van der Waals surface area contributed by atoms with E-state index in [1.807, 2.05) is 6.92 Å². The fourth-order valence-electron chi connectivity index (χ4n) is 3.05. The molecule has 0 aliphatic heterocycles. The smallest absolute Gasteiger partial charge is 0.219 e. The van der Waals surface area contributed by atoms with Crippen LogP contribution in [0.3, 0.4) is 0 Å². The fraction of sp³-hybridized carbons (Fsp3) is 0.350. The quantitative estimate of drug-likeness (QED) is 0.896. The standard InChI is InChI=1S/C20H23NO/c1-2-20(22)21-14-15-7-9-17(10-8-15)19-12-11-16-5-3-4-6-18(16)13-19/h7-13H,2-6,14H2,1H3,(H,21,22). The van der Waals surface area contributed by atoms with Gasteiger partial charge in [-0.3, -0.25) is 4.79 Å². The van der Waals surface area contributed by atoms with Gasteiger partial charge in [-0.2, -0.15) is 0 Å². The highest BCUT2D eigenvalue weighted by atomic mass is 16.1. The third-order valence-electron chi connectivity index (χ3n) is 4.45. The van der Waals surface area contributed by atoms with Gasteiger partial charge < -0.3 is 5.32 Å². The summed E-state index contributed by atoms with van der Waals surface area (Å²) in [4.78, 5) is 11.3. The number of carbonyl (C=O) groups is 1. The molecular weight excluding hydrogens is 270 g/mol. The molecule has 2 nitrogen and oxygen atoms in total. The molecule has 0 spiro atoms. The summed E-state index contributed by atoms with van der Waals surface area (Å²) in [5.41, 5.74) is 6.73. The van der Waals surface area contributed by atoms with Gasteiger partial charge in [0.05, 0.1) is 0 Å². The van der Waals surface area contributed by atoms with Crippen molar-refractivity contribution >= 4 is 5.91 Å². The molecule has 0 atom stereocenters. The van der Waals surface area contributed by atoms with Gasteiger partial charge in [-0.25, -0.2) is 0 Å². The Balaban J connectivity index is 1.74. The summed E-state index contributed by atoms with van der Waals surface area (Å²) in [6.07, 6.45) is 5.61. The molecule has 22 heavy (non-hydrogen) atoms. The molecule has 1 aliphatic carbocycles. The first kappa shape index (κ1) is 14.8. The molecule has 0 unspecified atom stereocenters. The lowest BCUT2D eigenvalue weighted by molar-refractivity contribution is -0.120. The summed E-state index contributed by atoms with van der Waals surface area (Å²) in [5.74, 6) is 0.0961. The number of amides is 1. The van der Waals surface area contributed by atoms with Gasteiger partial charge in [0.15, 0.2) is 0 Å². The average Bonchev–Trinajstić information content (AvgIpc) is 2.59. The molecule has 1 aliphatic rings. The first-order valence-corrected chi connectivity index (χ1v) is 8.24. The zero-order valence-electron chi connectivity index (χ0n) is 13.2. The number of benzene rings is 2. The molecule has 0 aromatic heterocycles. The molecule has 114 valence electrons. The Kier molecular flexibility index (Phi) is 4.57. The molecule has 2 heteroatoms. The van der Waals surface area contributed by atoms with Crippen molar-refractivity contribution in [2.24, 2.45) is 0 Å². The maximum absolute atomic E-state index is 11.3. The highest BCUT2D eigenvalue weighted by molar-refractivity contribution is 5.75. The Morgan fingerprint density at radius 2 is 1.64 bits per heavy atom. The molecule has 0 heterocycles. The van der Waals surface area contributed by atoms with Crippen LogP contribution in [0.5, 0.6) is 0 Å². The Morgan fingerprint density at radius 3 is 2.36 bits per heavy atom. The van der Waals surface area contributed by atoms with E-state index in [-0.39, 0.29) is 5.91 Å². The molecule has 0 radical (unpaired) electrons. The van der Waals surface area contributed by atoms with Gasteiger partial charge in [-0.15, -0.1) is 0 Å². The van der Waals surface area contributed by atoms with Crippen LogP contribution in [0.15, 0.2) is 42.5 Å². The molecule has 0 bridgehead atoms. The topological polar surface area (TPSA) is 29.1 Å². The first-order chi connectivity index (χ1) is 10.8. The van der Waals surface area contributed by atoms with Gasteiger partial charge in [0.1, 0.15) is 0 Å². The second-order valence-corrected chi connectivity index (χ2v) is 6.02. The van der Waals surface area contributed by atoms with Crippen LogP contribution in [0.1, 0.15) is 42.9 Å². The van der Waals surface area contributed by atoms with Crippen molar-refractivity contribution in [1.82, 2.24) is 5.32 Å². The summed E-state index contributed by atoms with van der Waals surface area (Å²) in [7, 11) is 0. The van der Waals surface area contributed by atoms with Crippen molar-refractivity contribution < 1.29 is 4.79 Å². The summed E-state index contributed by atoms with van der Waals surface area (Å²) in [6.45, 7) is 2.48. The van der Waals surface area contributed by atoms with E-state index in [1.54, 1.807) is 0 Å². The van der Waals surface area contributed by atoms with E-state index in [4.69, 9.17) is 0 Å². The lowest BCUT2D eigenvalue weighted by Crippen LogP contribution is -2.21. The SMILES string of the molecule is CCC(=O)NCc1ccc(-c2ccc3c(c2)CCCC3)cc1. The van der Waals surface area contributed by atoms with Crippen LogP contribution in [-0.4, -0.2) is 5.91 Å². The number of hydrogen-bond donors (Lipinski definition) is 1. The van der Waals surface area contributed by atoms with Crippen LogP contribution in [0.25, 0.3) is 11.1 Å². The third-order valence-corrected chi connectivity index (χ3v) is 4.45. The van der Waals surface area contributed by atoms with Gasteiger partial charge >= 0.3 is 0 Å². The van der Waals surface area contributed by atoms with Gasteiger partial charge in [0, 0.05) is 13.0 Å². The van der Waals surface area contributed by atoms with Crippen molar-refractivity contribution in [3.63, 3.8) is 0 Å². The molecule has 1 N–H and O–H groups in total. The minimum absolute atomic E-state index is 0.0961. The second kappa shape index (κ2) is 6.78. The van der Waals surface area contributed by atoms with Gasteiger partial charge in [-0.1, -0.05) is 49.4 Å². The van der Waals surface area contributed by atoms with Crippen LogP contribution in [0, 0.1) is 0 Å². The van der Waals surface area contributed by atoms with Gasteiger partial charge in [-0.05, 0) is 53.5 Å². The Hall–Kier alpha value is -2.09. The van der Waals surface area contributed by atoms with E-state index in [0.29, 0.717) is 13.0 Å². The first-order valence-electron chi connectivity index (χ1n) is 8.24. The summed E-state index contributed by atoms with van der Waals surface area (Å²) in [5, 5.41) is 2.91. The highest BCUT2D eigenvalue weighted by Crippen LogP contribution is 2.27. The molecule has 0 fully saturated rings. The normalized spacial score (nSPS) is 13.5. The fourth-order valence-corrected chi connectivity index (χ4v) is 3.05. The van der Waals surface area contributed by atoms with Crippen molar-refractivity contribution in [3.05, 3.63) is 59.2 Å². The molecule has 1 amide bonds. The number of carbonyl (C=O) groups excluding carboxylic acids is 1. The van der Waals surface area contributed by atoms with Crippen LogP contribution >= 0.6 is 0 Å². The third kappa shape index (κ3) is 3.38. The van der Waals surface area contributed by atoms with Crippen molar-refractivity contribution in [2.75, 3.05) is 0 Å². The largest absolute Gasteiger partial charge is 0.352 e. The predicted molar refractivity (Wildman–Crippen MR) is 90.7 cm³/mol. The van der Waals surface area contributed by atoms with Crippen molar-refractivity contribution in [2.45, 2.75) is 45.6 Å². The molecular formula is C20H23NO. The van der Waals surface area contributed by atoms with E-state index < -0.39 is 0 Å². The van der Waals surface area contributed by atoms with E-state index >= 15 is 0 Å². The summed E-state index contributed by atoms with van der Waals surface area (Å²) < 4.78 is 0. The van der Waals surface area contributed by atoms with Crippen molar-refractivity contribution in [1.29, 1.82) is 0 Å². The maximum atomic E-state index is 11.3. The molecule has 2 aromatic rings. The lowest BCUT2D eigenvalue weighted by Gasteiger charge is -2.16. The number of fused-ring (bicyclic) bond motifs is 1. The Labute approximate surface area is 132 Å². The molecule has 2 aromatic carbocycles. The number of hydrogen-bond acceptors (Lipinski definition) is 1. The Bertz CT molecular complexity index is 658. The van der Waals surface area contributed by atoms with E-state index in [1.165, 1.54) is 47.9 Å². The highest BCUT2D eigenvalue weighted by Gasteiger charge is 2.10. The zero-order valence-corrected chi connectivity index (χ0v) is 13.2.